The highest BCUT2D eigenvalue weighted by Crippen LogP contribution is 2.43. The number of phosphoric acid groups is 1. The number of unbranched alkanes of at least 4 members (excludes halogenated alkanes) is 15. The van der Waals surface area contributed by atoms with Crippen molar-refractivity contribution in [3.63, 3.8) is 0 Å². The first-order valence-electron chi connectivity index (χ1n) is 20.6. The molecule has 0 spiro atoms. The van der Waals surface area contributed by atoms with Gasteiger partial charge in [-0.15, -0.1) is 0 Å². The monoisotopic (exact) mass is 766 g/mol. The van der Waals surface area contributed by atoms with E-state index in [-0.39, 0.29) is 32.8 Å². The molecule has 4 N–H and O–H groups in total. The first-order valence-corrected chi connectivity index (χ1v) is 22.1. The van der Waals surface area contributed by atoms with Crippen molar-refractivity contribution in [3.8, 4) is 0 Å². The number of nitrogens with two attached hydrogens (primary N) is 1. The summed E-state index contributed by atoms with van der Waals surface area (Å²) in [6.45, 7) is 4.00. The van der Waals surface area contributed by atoms with E-state index in [4.69, 9.17) is 24.3 Å². The van der Waals surface area contributed by atoms with Crippen LogP contribution < -0.4 is 5.73 Å². The summed E-state index contributed by atoms with van der Waals surface area (Å²) in [4.78, 5) is 22.4. The Morgan fingerprint density at radius 1 is 0.679 bits per heavy atom. The van der Waals surface area contributed by atoms with Crippen LogP contribution in [0.1, 0.15) is 155 Å². The van der Waals surface area contributed by atoms with Crippen molar-refractivity contribution in [1.82, 2.24) is 0 Å². The summed E-state index contributed by atoms with van der Waals surface area (Å²) in [6, 6.07) is 0. The first-order chi connectivity index (χ1) is 25.8. The summed E-state index contributed by atoms with van der Waals surface area (Å²) in [7, 11) is -4.33. The molecule has 53 heavy (non-hydrogen) atoms. The zero-order chi connectivity index (χ0) is 38.9. The molecular formula is C43H76NO8P. The number of ether oxygens (including phenoxy) is 2. The van der Waals surface area contributed by atoms with Crippen LogP contribution in [0, 0.1) is 0 Å². The predicted molar refractivity (Wildman–Crippen MR) is 220 cm³/mol. The molecule has 0 aromatic heterocycles. The number of allylic oxidation sites excluding steroid dienone is 9. The van der Waals surface area contributed by atoms with E-state index in [0.29, 0.717) is 19.3 Å². The van der Waals surface area contributed by atoms with Gasteiger partial charge in [0.25, 0.3) is 0 Å². The number of hydrogen-bond donors (Lipinski definition) is 3. The largest absolute Gasteiger partial charge is 0.498 e. The first kappa shape index (κ1) is 50.7. The predicted octanol–water partition coefficient (Wildman–Crippen LogP) is 11.3. The Morgan fingerprint density at radius 2 is 1.25 bits per heavy atom. The van der Waals surface area contributed by atoms with E-state index in [0.717, 1.165) is 25.7 Å². The standard InChI is InChI=1S/C43H76NO8P/c1-3-5-7-9-11-13-14-15-16-17-18-19-21-23-28-32-37-49-39-42(40-51-53(47,48)50-38-36-44)52-43(46)35-31-27-24-26-30-34-41(45)33-29-25-22-20-12-10-8-6-4-2/h12-14,20,24-26,29-30,32,34,37,41-42,45H,3-11,15-19,21-23,27-28,31,33,35-36,38-40,44H2,1-2H3,(H,47,48)/b14-13-,20-12-,26-24+,29-25-,34-30-,37-32+/t41?,42-/m1/s1. The second kappa shape index (κ2) is 39.4. The lowest BCUT2D eigenvalue weighted by Gasteiger charge is -2.19. The van der Waals surface area contributed by atoms with Gasteiger partial charge in [-0.25, -0.2) is 4.57 Å². The molecule has 0 aromatic rings. The summed E-state index contributed by atoms with van der Waals surface area (Å²) >= 11 is 0. The van der Waals surface area contributed by atoms with Crippen LogP contribution in [-0.4, -0.2) is 54.5 Å². The molecule has 3 atom stereocenters. The smallest absolute Gasteiger partial charge is 0.472 e. The van der Waals surface area contributed by atoms with E-state index in [1.165, 1.54) is 89.9 Å². The van der Waals surface area contributed by atoms with Gasteiger partial charge in [-0.3, -0.25) is 13.8 Å². The highest BCUT2D eigenvalue weighted by atomic mass is 31.2. The third-order valence-electron chi connectivity index (χ3n) is 8.24. The van der Waals surface area contributed by atoms with Crippen molar-refractivity contribution in [1.29, 1.82) is 0 Å². The van der Waals surface area contributed by atoms with E-state index in [2.05, 4.69) is 44.2 Å². The number of carbonyl (C=O) groups excluding carboxylic acids is 1. The minimum absolute atomic E-state index is 0.0235. The molecular weight excluding hydrogens is 689 g/mol. The highest BCUT2D eigenvalue weighted by molar-refractivity contribution is 7.47. The number of carbonyl (C=O) groups is 1. The Morgan fingerprint density at radius 3 is 1.92 bits per heavy atom. The molecule has 0 aliphatic heterocycles. The molecule has 0 fully saturated rings. The normalized spacial score (nSPS) is 14.8. The molecule has 0 heterocycles. The fraction of sp³-hybridized carbons (Fsp3) is 0.698. The fourth-order valence-electron chi connectivity index (χ4n) is 5.15. The molecule has 0 aliphatic carbocycles. The van der Waals surface area contributed by atoms with Crippen molar-refractivity contribution in [2.75, 3.05) is 26.4 Å². The number of rotatable bonds is 38. The van der Waals surface area contributed by atoms with E-state index in [1.807, 2.05) is 24.3 Å². The molecule has 0 amide bonds. The third kappa shape index (κ3) is 39.3. The second-order valence-electron chi connectivity index (χ2n) is 13.4. The maximum absolute atomic E-state index is 12.5. The van der Waals surface area contributed by atoms with Crippen LogP contribution in [0.15, 0.2) is 73.1 Å². The molecule has 306 valence electrons. The number of esters is 1. The second-order valence-corrected chi connectivity index (χ2v) is 14.9. The Kier molecular flexibility index (Phi) is 37.8. The lowest BCUT2D eigenvalue weighted by Crippen LogP contribution is -2.27. The van der Waals surface area contributed by atoms with Gasteiger partial charge in [-0.05, 0) is 83.1 Å². The molecule has 10 heteroatoms. The van der Waals surface area contributed by atoms with Gasteiger partial charge >= 0.3 is 13.8 Å². The van der Waals surface area contributed by atoms with E-state index >= 15 is 0 Å². The molecule has 0 rings (SSSR count). The van der Waals surface area contributed by atoms with Crippen LogP contribution in [0.2, 0.25) is 0 Å². The van der Waals surface area contributed by atoms with Crippen LogP contribution in [0.5, 0.6) is 0 Å². The summed E-state index contributed by atoms with van der Waals surface area (Å²) in [5.74, 6) is -0.456. The minimum atomic E-state index is -4.33. The van der Waals surface area contributed by atoms with Gasteiger partial charge in [0.15, 0.2) is 6.10 Å². The Balaban J connectivity index is 4.33. The van der Waals surface area contributed by atoms with Crippen molar-refractivity contribution in [2.24, 2.45) is 5.73 Å². The summed E-state index contributed by atoms with van der Waals surface area (Å²) in [5.41, 5.74) is 5.34. The quantitative estimate of drug-likeness (QED) is 0.0140. The molecule has 0 radical (unpaired) electrons. The van der Waals surface area contributed by atoms with Crippen LogP contribution in [-0.2, 0) is 27.9 Å². The van der Waals surface area contributed by atoms with Crippen molar-refractivity contribution >= 4 is 13.8 Å². The van der Waals surface area contributed by atoms with E-state index in [1.54, 1.807) is 18.4 Å². The van der Waals surface area contributed by atoms with E-state index < -0.39 is 26.0 Å². The van der Waals surface area contributed by atoms with Crippen molar-refractivity contribution in [2.45, 2.75) is 167 Å². The average Bonchev–Trinajstić information content (AvgIpc) is 3.14. The summed E-state index contributed by atoms with van der Waals surface area (Å²) in [5, 5.41) is 10.1. The van der Waals surface area contributed by atoms with Crippen molar-refractivity contribution < 1.29 is 37.9 Å². The van der Waals surface area contributed by atoms with Gasteiger partial charge in [0, 0.05) is 13.0 Å². The van der Waals surface area contributed by atoms with Crippen LogP contribution >= 0.6 is 7.82 Å². The van der Waals surface area contributed by atoms with Crippen LogP contribution in [0.4, 0.5) is 0 Å². The van der Waals surface area contributed by atoms with Gasteiger partial charge in [0.2, 0.25) is 0 Å². The Hall–Kier alpha value is -2.26. The van der Waals surface area contributed by atoms with E-state index in [9.17, 15) is 19.4 Å². The van der Waals surface area contributed by atoms with Crippen LogP contribution in [0.3, 0.4) is 0 Å². The van der Waals surface area contributed by atoms with Crippen LogP contribution in [0.25, 0.3) is 0 Å². The third-order valence-corrected chi connectivity index (χ3v) is 9.22. The van der Waals surface area contributed by atoms with Gasteiger partial charge in [-0.2, -0.15) is 0 Å². The molecule has 0 aliphatic rings. The average molecular weight is 766 g/mol. The lowest BCUT2D eigenvalue weighted by molar-refractivity contribution is -0.153. The van der Waals surface area contributed by atoms with Gasteiger partial charge in [0.05, 0.1) is 25.6 Å². The van der Waals surface area contributed by atoms with Crippen molar-refractivity contribution in [3.05, 3.63) is 73.1 Å². The number of aliphatic hydroxyl groups is 1. The number of aliphatic hydroxyl groups excluding tert-OH is 1. The maximum atomic E-state index is 12.5. The molecule has 0 bridgehead atoms. The molecule has 0 saturated carbocycles. The number of phosphoric ester groups is 1. The number of hydrogen-bond acceptors (Lipinski definition) is 8. The molecule has 9 nitrogen and oxygen atoms in total. The molecule has 2 unspecified atom stereocenters. The Labute approximate surface area is 323 Å². The SMILES string of the molecule is CCCCC/C=C\C/C=C\CC(O)/C=C\C=C\CCCC(=O)O[C@H](CO/C=C/CCCCCCCC/C=C\CCCCCC)COP(=O)(O)OCCN. The molecule has 0 aromatic carbocycles. The van der Waals surface area contributed by atoms with Gasteiger partial charge < -0.3 is 25.2 Å². The lowest BCUT2D eigenvalue weighted by atomic mass is 10.1. The highest BCUT2D eigenvalue weighted by Gasteiger charge is 2.25. The van der Waals surface area contributed by atoms with Gasteiger partial charge in [-0.1, -0.05) is 132 Å². The minimum Gasteiger partial charge on any atom is -0.498 e. The van der Waals surface area contributed by atoms with Gasteiger partial charge in [0.1, 0.15) is 6.61 Å². The summed E-state index contributed by atoms with van der Waals surface area (Å²) in [6.07, 6.45) is 46.1. The topological polar surface area (TPSA) is 138 Å². The zero-order valence-corrected chi connectivity index (χ0v) is 34.2. The fourth-order valence-corrected chi connectivity index (χ4v) is 5.91. The maximum Gasteiger partial charge on any atom is 0.472 e. The zero-order valence-electron chi connectivity index (χ0n) is 33.3. The summed E-state index contributed by atoms with van der Waals surface area (Å²) < 4.78 is 33.0. The Bertz CT molecular complexity index is 1050. The molecule has 0 saturated heterocycles.